The summed E-state index contributed by atoms with van der Waals surface area (Å²) in [5.41, 5.74) is 4.79. The summed E-state index contributed by atoms with van der Waals surface area (Å²) in [7, 11) is 1.89. The minimum absolute atomic E-state index is 0.0304. The number of rotatable bonds is 4. The maximum Gasteiger partial charge on any atom is 0.225 e. The van der Waals surface area contributed by atoms with Gasteiger partial charge in [0.15, 0.2) is 0 Å². The fourth-order valence-corrected chi connectivity index (χ4v) is 2.77. The van der Waals surface area contributed by atoms with Crippen LogP contribution < -0.4 is 5.32 Å². The zero-order valence-electron chi connectivity index (χ0n) is 13.8. The summed E-state index contributed by atoms with van der Waals surface area (Å²) in [4.78, 5) is 20.1. The molecule has 0 spiro atoms. The van der Waals surface area contributed by atoms with E-state index in [-0.39, 0.29) is 11.9 Å². The van der Waals surface area contributed by atoms with Gasteiger partial charge in [-0.3, -0.25) is 9.48 Å². The molecule has 0 saturated carbocycles. The first-order chi connectivity index (χ1) is 11.0. The van der Waals surface area contributed by atoms with Gasteiger partial charge in [0.1, 0.15) is 5.82 Å². The molecule has 1 atom stereocenters. The summed E-state index contributed by atoms with van der Waals surface area (Å²) in [5.74, 6) is 0.733. The van der Waals surface area contributed by atoms with Crippen LogP contribution in [0.2, 0.25) is 0 Å². The Hall–Kier alpha value is -2.63. The maximum atomic E-state index is 12.3. The highest BCUT2D eigenvalue weighted by atomic mass is 16.1. The lowest BCUT2D eigenvalue weighted by molar-refractivity contribution is -0.121. The lowest BCUT2D eigenvalue weighted by atomic mass is 10.1. The molecule has 3 rings (SSSR count). The van der Waals surface area contributed by atoms with E-state index < -0.39 is 0 Å². The Kier molecular flexibility index (Phi) is 3.90. The van der Waals surface area contributed by atoms with Gasteiger partial charge >= 0.3 is 0 Å². The number of aromatic nitrogens is 4. The average Bonchev–Trinajstić information content (AvgIpc) is 3.04. The maximum absolute atomic E-state index is 12.3. The van der Waals surface area contributed by atoms with Gasteiger partial charge in [-0.25, -0.2) is 4.98 Å². The molecule has 0 bridgehead atoms. The van der Waals surface area contributed by atoms with Crippen LogP contribution >= 0.6 is 0 Å². The van der Waals surface area contributed by atoms with Gasteiger partial charge in [0, 0.05) is 18.3 Å². The highest BCUT2D eigenvalue weighted by Crippen LogP contribution is 2.17. The van der Waals surface area contributed by atoms with E-state index in [4.69, 9.17) is 0 Å². The summed E-state index contributed by atoms with van der Waals surface area (Å²) in [6.45, 7) is 5.84. The zero-order valence-corrected chi connectivity index (χ0v) is 13.8. The molecule has 1 unspecified atom stereocenters. The topological polar surface area (TPSA) is 75.6 Å². The molecule has 6 heteroatoms. The molecule has 0 aliphatic rings. The molecule has 2 heterocycles. The van der Waals surface area contributed by atoms with Gasteiger partial charge in [-0.2, -0.15) is 5.10 Å². The van der Waals surface area contributed by atoms with Crippen molar-refractivity contribution in [3.05, 3.63) is 47.0 Å². The molecule has 0 fully saturated rings. The summed E-state index contributed by atoms with van der Waals surface area (Å²) in [6.07, 6.45) is 0.329. The number of hydrogen-bond donors (Lipinski definition) is 2. The van der Waals surface area contributed by atoms with Gasteiger partial charge in [0.05, 0.1) is 29.2 Å². The number of H-pyrrole nitrogens is 1. The second-order valence-electron chi connectivity index (χ2n) is 5.88. The largest absolute Gasteiger partial charge is 0.346 e. The van der Waals surface area contributed by atoms with E-state index in [0.29, 0.717) is 6.42 Å². The molecule has 23 heavy (non-hydrogen) atoms. The second-order valence-corrected chi connectivity index (χ2v) is 5.88. The molecule has 1 aromatic carbocycles. The van der Waals surface area contributed by atoms with Crippen LogP contribution in [0.1, 0.15) is 35.7 Å². The number of aryl methyl sites for hydroxylation is 2. The molecule has 0 saturated heterocycles. The predicted molar refractivity (Wildman–Crippen MR) is 89.0 cm³/mol. The first-order valence-electron chi connectivity index (χ1n) is 7.68. The van der Waals surface area contributed by atoms with Crippen LogP contribution in [0.15, 0.2) is 24.3 Å². The van der Waals surface area contributed by atoms with Crippen molar-refractivity contribution in [1.82, 2.24) is 25.1 Å². The van der Waals surface area contributed by atoms with Crippen molar-refractivity contribution in [3.8, 4) is 0 Å². The lowest BCUT2D eigenvalue weighted by Crippen LogP contribution is -2.29. The number of carbonyl (C=O) groups excluding carboxylic acids is 1. The van der Waals surface area contributed by atoms with Gasteiger partial charge < -0.3 is 10.3 Å². The number of hydrogen-bond acceptors (Lipinski definition) is 3. The molecular formula is C17H21N5O. The smallest absolute Gasteiger partial charge is 0.225 e. The van der Waals surface area contributed by atoms with E-state index in [0.717, 1.165) is 33.8 Å². The molecule has 2 aromatic heterocycles. The Labute approximate surface area is 134 Å². The van der Waals surface area contributed by atoms with Crippen LogP contribution in [0.5, 0.6) is 0 Å². The van der Waals surface area contributed by atoms with Crippen molar-refractivity contribution in [3.63, 3.8) is 0 Å². The Morgan fingerprint density at radius 2 is 2.09 bits per heavy atom. The SMILES string of the molecule is Cc1nn(C)c(C)c1CC(=O)NC(C)c1nc2ccccc2[nH]1. The van der Waals surface area contributed by atoms with E-state index in [9.17, 15) is 4.79 Å². The fourth-order valence-electron chi connectivity index (χ4n) is 2.77. The zero-order chi connectivity index (χ0) is 16.6. The van der Waals surface area contributed by atoms with Crippen molar-refractivity contribution < 1.29 is 4.79 Å². The van der Waals surface area contributed by atoms with Gasteiger partial charge in [-0.1, -0.05) is 12.1 Å². The highest BCUT2D eigenvalue weighted by molar-refractivity contribution is 5.80. The molecule has 0 aliphatic heterocycles. The first kappa shape index (κ1) is 15.3. The molecular weight excluding hydrogens is 290 g/mol. The summed E-state index contributed by atoms with van der Waals surface area (Å²) >= 11 is 0. The number of aromatic amines is 1. The van der Waals surface area contributed by atoms with Crippen LogP contribution in [-0.2, 0) is 18.3 Å². The van der Waals surface area contributed by atoms with Gasteiger partial charge in [0.25, 0.3) is 0 Å². The van der Waals surface area contributed by atoms with Crippen molar-refractivity contribution in [2.75, 3.05) is 0 Å². The summed E-state index contributed by atoms with van der Waals surface area (Å²) < 4.78 is 1.81. The number of nitrogens with one attached hydrogen (secondary N) is 2. The van der Waals surface area contributed by atoms with Gasteiger partial charge in [0.2, 0.25) is 5.91 Å². The first-order valence-corrected chi connectivity index (χ1v) is 7.68. The van der Waals surface area contributed by atoms with Crippen molar-refractivity contribution >= 4 is 16.9 Å². The van der Waals surface area contributed by atoms with E-state index in [1.165, 1.54) is 0 Å². The Balaban J connectivity index is 1.72. The monoisotopic (exact) mass is 311 g/mol. The lowest BCUT2D eigenvalue weighted by Gasteiger charge is -2.11. The van der Waals surface area contributed by atoms with Gasteiger partial charge in [-0.05, 0) is 32.9 Å². The van der Waals surface area contributed by atoms with Gasteiger partial charge in [-0.15, -0.1) is 0 Å². The second kappa shape index (κ2) is 5.87. The van der Waals surface area contributed by atoms with Crippen molar-refractivity contribution in [1.29, 1.82) is 0 Å². The average molecular weight is 311 g/mol. The van der Waals surface area contributed by atoms with Crippen molar-refractivity contribution in [2.45, 2.75) is 33.2 Å². The number of nitrogens with zero attached hydrogens (tertiary/aromatic N) is 3. The van der Waals surface area contributed by atoms with Crippen LogP contribution in [0.3, 0.4) is 0 Å². The number of amides is 1. The predicted octanol–water partition coefficient (Wildman–Crippen LogP) is 2.33. The van der Waals surface area contributed by atoms with Crippen LogP contribution in [0.25, 0.3) is 11.0 Å². The molecule has 0 aliphatic carbocycles. The van der Waals surface area contributed by atoms with Crippen LogP contribution in [0, 0.1) is 13.8 Å². The quantitative estimate of drug-likeness (QED) is 0.776. The third-order valence-electron chi connectivity index (χ3n) is 4.19. The number of para-hydroxylation sites is 2. The molecule has 120 valence electrons. The summed E-state index contributed by atoms with van der Waals surface area (Å²) in [6, 6.07) is 7.66. The van der Waals surface area contributed by atoms with E-state index in [1.54, 1.807) is 4.68 Å². The summed E-state index contributed by atoms with van der Waals surface area (Å²) in [5, 5.41) is 7.35. The molecule has 2 N–H and O–H groups in total. The molecule has 3 aromatic rings. The minimum atomic E-state index is -0.174. The van der Waals surface area contributed by atoms with E-state index >= 15 is 0 Å². The Morgan fingerprint density at radius 1 is 1.35 bits per heavy atom. The fraction of sp³-hybridized carbons (Fsp3) is 0.353. The third-order valence-corrected chi connectivity index (χ3v) is 4.19. The Morgan fingerprint density at radius 3 is 2.74 bits per heavy atom. The van der Waals surface area contributed by atoms with E-state index in [1.807, 2.05) is 52.1 Å². The number of imidazole rings is 1. The number of benzene rings is 1. The molecule has 1 amide bonds. The highest BCUT2D eigenvalue weighted by Gasteiger charge is 2.17. The minimum Gasteiger partial charge on any atom is -0.346 e. The number of carbonyl (C=O) groups is 1. The van der Waals surface area contributed by atoms with Crippen molar-refractivity contribution in [2.24, 2.45) is 7.05 Å². The van der Waals surface area contributed by atoms with Crippen LogP contribution in [-0.4, -0.2) is 25.7 Å². The van der Waals surface area contributed by atoms with E-state index in [2.05, 4.69) is 20.4 Å². The molecule has 0 radical (unpaired) electrons. The standard InChI is InChI=1S/C17H21N5O/c1-10-13(12(3)22(4)21-10)9-16(23)18-11(2)17-19-14-7-5-6-8-15(14)20-17/h5-8,11H,9H2,1-4H3,(H,18,23)(H,19,20). The van der Waals surface area contributed by atoms with Crippen LogP contribution in [0.4, 0.5) is 0 Å². The Bertz CT molecular complexity index is 828. The third kappa shape index (κ3) is 2.97. The normalized spacial score (nSPS) is 12.5. The number of fused-ring (bicyclic) bond motifs is 1. The molecule has 6 nitrogen and oxygen atoms in total.